The van der Waals surface area contributed by atoms with Crippen LogP contribution >= 0.6 is 0 Å². The molecule has 0 atom stereocenters. The molecule has 52 valence electrons. The molecule has 1 heterocycles. The molecular formula is C7H8N2O. The Hall–Kier alpha value is -1.38. The molecule has 0 aliphatic heterocycles. The molecule has 0 aliphatic rings. The van der Waals surface area contributed by atoms with Crippen molar-refractivity contribution in [3.05, 3.63) is 30.1 Å². The van der Waals surface area contributed by atoms with Gasteiger partial charge in [-0.05, 0) is 12.1 Å². The van der Waals surface area contributed by atoms with Gasteiger partial charge in [0.05, 0.1) is 1.37 Å². The molecule has 1 aromatic rings. The molecule has 0 bridgehead atoms. The lowest BCUT2D eigenvalue weighted by molar-refractivity contribution is 0.0958. The molecule has 1 N–H and O–H groups in total. The molecule has 1 aromatic heterocycles. The van der Waals surface area contributed by atoms with Crippen LogP contribution in [0.1, 0.15) is 11.9 Å². The van der Waals surface area contributed by atoms with Gasteiger partial charge >= 0.3 is 0 Å². The van der Waals surface area contributed by atoms with Crippen LogP contribution in [-0.2, 0) is 0 Å². The SMILES string of the molecule is [2H]c1ccc(C(=O)NC)nc1. The van der Waals surface area contributed by atoms with Crippen LogP contribution in [0.15, 0.2) is 24.4 Å². The number of rotatable bonds is 1. The maximum atomic E-state index is 10.9. The van der Waals surface area contributed by atoms with E-state index in [-0.39, 0.29) is 5.91 Å². The van der Waals surface area contributed by atoms with Gasteiger partial charge in [-0.1, -0.05) is 6.07 Å². The molecule has 0 saturated heterocycles. The summed E-state index contributed by atoms with van der Waals surface area (Å²) in [5.41, 5.74) is 0.337. The van der Waals surface area contributed by atoms with Gasteiger partial charge in [0.1, 0.15) is 5.69 Å². The fourth-order valence-electron chi connectivity index (χ4n) is 0.582. The normalized spacial score (nSPS) is 10.3. The van der Waals surface area contributed by atoms with Crippen molar-refractivity contribution in [2.45, 2.75) is 0 Å². The second-order valence-electron chi connectivity index (χ2n) is 1.72. The van der Waals surface area contributed by atoms with Crippen LogP contribution in [0.2, 0.25) is 0 Å². The molecule has 3 heteroatoms. The van der Waals surface area contributed by atoms with Crippen LogP contribution in [0.5, 0.6) is 0 Å². The monoisotopic (exact) mass is 137 g/mol. The minimum atomic E-state index is -0.231. The van der Waals surface area contributed by atoms with E-state index in [9.17, 15) is 4.79 Å². The number of hydrogen-bond acceptors (Lipinski definition) is 2. The first-order valence-electron chi connectivity index (χ1n) is 3.39. The van der Waals surface area contributed by atoms with E-state index in [0.717, 1.165) is 0 Å². The van der Waals surface area contributed by atoms with Gasteiger partial charge in [0.2, 0.25) is 0 Å². The smallest absolute Gasteiger partial charge is 0.269 e. The highest BCUT2D eigenvalue weighted by atomic mass is 16.1. The van der Waals surface area contributed by atoms with Gasteiger partial charge < -0.3 is 5.32 Å². The molecule has 1 amide bonds. The Morgan fingerprint density at radius 3 is 3.20 bits per heavy atom. The molecule has 0 saturated carbocycles. The number of nitrogens with zero attached hydrogens (tertiary/aromatic N) is 1. The van der Waals surface area contributed by atoms with Gasteiger partial charge in [-0.2, -0.15) is 0 Å². The molecule has 0 fully saturated rings. The molecule has 0 aliphatic carbocycles. The standard InChI is InChI=1S/C7H8N2O/c1-8-7(10)6-4-2-3-5-9-6/h2-5H,1H3,(H,8,10)/i3D. The number of aromatic nitrogens is 1. The fourth-order valence-corrected chi connectivity index (χ4v) is 0.582. The summed E-state index contributed by atoms with van der Waals surface area (Å²) in [6, 6.07) is 3.34. The Balaban J connectivity index is 2.90. The van der Waals surface area contributed by atoms with Gasteiger partial charge in [0, 0.05) is 13.2 Å². The number of carbonyl (C=O) groups excluding carboxylic acids is 1. The van der Waals surface area contributed by atoms with Crippen molar-refractivity contribution in [3.63, 3.8) is 0 Å². The Morgan fingerprint density at radius 2 is 2.70 bits per heavy atom. The summed E-state index contributed by atoms with van der Waals surface area (Å²) in [7, 11) is 1.54. The molecule has 1 rings (SSSR count). The first-order valence-corrected chi connectivity index (χ1v) is 2.89. The molecule has 0 spiro atoms. The molecule has 10 heavy (non-hydrogen) atoms. The topological polar surface area (TPSA) is 42.0 Å². The largest absolute Gasteiger partial charge is 0.354 e. The summed E-state index contributed by atoms with van der Waals surface area (Å²) in [4.78, 5) is 14.6. The highest BCUT2D eigenvalue weighted by molar-refractivity contribution is 5.91. The zero-order chi connectivity index (χ0) is 8.27. The number of amides is 1. The van der Waals surface area contributed by atoms with Crippen molar-refractivity contribution in [2.75, 3.05) is 7.05 Å². The van der Waals surface area contributed by atoms with Crippen molar-refractivity contribution >= 4 is 5.91 Å². The fraction of sp³-hybridized carbons (Fsp3) is 0.143. The van der Waals surface area contributed by atoms with Crippen molar-refractivity contribution in [2.24, 2.45) is 0 Å². The van der Waals surface area contributed by atoms with Crippen LogP contribution in [0.25, 0.3) is 0 Å². The minimum absolute atomic E-state index is 0.231. The summed E-state index contributed by atoms with van der Waals surface area (Å²) in [6.07, 6.45) is 1.34. The van der Waals surface area contributed by atoms with E-state index in [1.165, 1.54) is 18.3 Å². The minimum Gasteiger partial charge on any atom is -0.354 e. The Morgan fingerprint density at radius 1 is 1.90 bits per heavy atom. The third-order valence-corrected chi connectivity index (χ3v) is 1.08. The summed E-state index contributed by atoms with van der Waals surface area (Å²) in [5.74, 6) is -0.231. The van der Waals surface area contributed by atoms with Crippen LogP contribution < -0.4 is 5.32 Å². The van der Waals surface area contributed by atoms with Crippen LogP contribution in [0.4, 0.5) is 0 Å². The van der Waals surface area contributed by atoms with Crippen molar-refractivity contribution < 1.29 is 6.17 Å². The predicted molar refractivity (Wildman–Crippen MR) is 37.6 cm³/mol. The number of nitrogens with one attached hydrogen (secondary N) is 1. The Bertz CT molecular complexity index is 258. The Labute approximate surface area is 60.5 Å². The third kappa shape index (κ3) is 1.31. The first kappa shape index (κ1) is 5.41. The quantitative estimate of drug-likeness (QED) is 0.610. The molecule has 0 aromatic carbocycles. The van der Waals surface area contributed by atoms with Crippen molar-refractivity contribution in [1.82, 2.24) is 10.3 Å². The van der Waals surface area contributed by atoms with E-state index in [1.807, 2.05) is 0 Å². The highest BCUT2D eigenvalue weighted by Crippen LogP contribution is 1.90. The van der Waals surface area contributed by atoms with E-state index >= 15 is 0 Å². The molecule has 3 nitrogen and oxygen atoms in total. The number of carbonyl (C=O) groups is 1. The average molecular weight is 137 g/mol. The maximum Gasteiger partial charge on any atom is 0.269 e. The van der Waals surface area contributed by atoms with E-state index in [2.05, 4.69) is 10.3 Å². The summed E-state index contributed by atoms with van der Waals surface area (Å²) in [5, 5.41) is 2.44. The zero-order valence-corrected chi connectivity index (χ0v) is 5.59. The maximum absolute atomic E-state index is 10.9. The number of hydrogen-bond donors (Lipinski definition) is 1. The van der Waals surface area contributed by atoms with Gasteiger partial charge in [-0.15, -0.1) is 0 Å². The zero-order valence-electron chi connectivity index (χ0n) is 6.59. The molecule has 0 unspecified atom stereocenters. The second-order valence-corrected chi connectivity index (χ2v) is 1.72. The lowest BCUT2D eigenvalue weighted by atomic mass is 10.3. The lowest BCUT2D eigenvalue weighted by Gasteiger charge is -1.94. The molecule has 0 radical (unpaired) electrons. The van der Waals surface area contributed by atoms with E-state index < -0.39 is 0 Å². The van der Waals surface area contributed by atoms with Gasteiger partial charge in [-0.25, -0.2) is 0 Å². The molecular weight excluding hydrogens is 128 g/mol. The number of pyridine rings is 1. The third-order valence-electron chi connectivity index (χ3n) is 1.08. The summed E-state index contributed by atoms with van der Waals surface area (Å²) >= 11 is 0. The van der Waals surface area contributed by atoms with Crippen LogP contribution in [-0.4, -0.2) is 17.9 Å². The van der Waals surface area contributed by atoms with Crippen molar-refractivity contribution in [3.8, 4) is 0 Å². The summed E-state index contributed by atoms with van der Waals surface area (Å²) in [6.45, 7) is 0. The van der Waals surface area contributed by atoms with Crippen LogP contribution in [0.3, 0.4) is 0 Å². The second kappa shape index (κ2) is 2.96. The van der Waals surface area contributed by atoms with Gasteiger partial charge in [0.15, 0.2) is 0 Å². The highest BCUT2D eigenvalue weighted by Gasteiger charge is 1.99. The van der Waals surface area contributed by atoms with E-state index in [4.69, 9.17) is 1.37 Å². The van der Waals surface area contributed by atoms with Gasteiger partial charge in [-0.3, -0.25) is 9.78 Å². The van der Waals surface area contributed by atoms with Crippen LogP contribution in [0, 0.1) is 0 Å². The van der Waals surface area contributed by atoms with Gasteiger partial charge in [0.25, 0.3) is 5.91 Å². The summed E-state index contributed by atoms with van der Waals surface area (Å²) < 4.78 is 7.10. The average Bonchev–Trinajstić information content (AvgIpc) is 2.05. The predicted octanol–water partition coefficient (Wildman–Crippen LogP) is 0.441. The van der Waals surface area contributed by atoms with Crippen molar-refractivity contribution in [1.29, 1.82) is 0 Å². The Kier molecular flexibility index (Phi) is 1.60. The first-order chi connectivity index (χ1) is 5.24. The van der Waals surface area contributed by atoms with E-state index in [1.54, 1.807) is 7.05 Å². The lowest BCUT2D eigenvalue weighted by Crippen LogP contribution is -2.18. The van der Waals surface area contributed by atoms with E-state index in [0.29, 0.717) is 11.7 Å².